The molecule has 1 aromatic carbocycles. The summed E-state index contributed by atoms with van der Waals surface area (Å²) in [7, 11) is 0. The smallest absolute Gasteiger partial charge is 0.234 e. The van der Waals surface area contributed by atoms with Gasteiger partial charge in [-0.3, -0.25) is 9.20 Å². The molecular weight excluding hydrogens is 312 g/mol. The lowest BCUT2D eigenvalue weighted by Gasteiger charge is -2.05. The number of hydrogen-bond donors (Lipinski definition) is 2. The number of rotatable bonds is 4. The number of carbonyl (C=O) groups excluding carboxylic acids is 1. The van der Waals surface area contributed by atoms with Gasteiger partial charge in [0, 0.05) is 6.20 Å². The zero-order chi connectivity index (χ0) is 15.6. The Balaban J connectivity index is 1.47. The lowest BCUT2D eigenvalue weighted by Crippen LogP contribution is -2.14. The van der Waals surface area contributed by atoms with E-state index in [1.165, 1.54) is 11.8 Å². The molecule has 4 aromatic rings. The number of nitrogens with zero attached hydrogens (tertiary/aromatic N) is 4. The number of thioether (sulfide) groups is 1. The Bertz CT molecular complexity index is 992. The third kappa shape index (κ3) is 2.64. The summed E-state index contributed by atoms with van der Waals surface area (Å²) in [6.45, 7) is 0. The van der Waals surface area contributed by atoms with Crippen molar-refractivity contribution >= 4 is 40.0 Å². The predicted molar refractivity (Wildman–Crippen MR) is 88.4 cm³/mol. The van der Waals surface area contributed by atoms with Crippen LogP contribution in [0.25, 0.3) is 16.7 Å². The lowest BCUT2D eigenvalue weighted by atomic mass is 10.2. The van der Waals surface area contributed by atoms with Gasteiger partial charge < -0.3 is 10.3 Å². The number of fused-ring (bicyclic) bond motifs is 2. The van der Waals surface area contributed by atoms with Crippen molar-refractivity contribution in [2.24, 2.45) is 0 Å². The maximum Gasteiger partial charge on any atom is 0.234 e. The van der Waals surface area contributed by atoms with Crippen LogP contribution in [0.5, 0.6) is 0 Å². The molecule has 1 amide bonds. The van der Waals surface area contributed by atoms with Crippen molar-refractivity contribution in [1.29, 1.82) is 0 Å². The second-order valence-corrected chi connectivity index (χ2v) is 5.80. The molecule has 0 aliphatic heterocycles. The molecule has 0 aliphatic carbocycles. The summed E-state index contributed by atoms with van der Waals surface area (Å²) in [5, 5.41) is 11.7. The Morgan fingerprint density at radius 1 is 1.22 bits per heavy atom. The van der Waals surface area contributed by atoms with Gasteiger partial charge in [0.15, 0.2) is 10.8 Å². The van der Waals surface area contributed by atoms with E-state index in [1.54, 1.807) is 6.33 Å². The minimum Gasteiger partial charge on any atom is -0.345 e. The highest BCUT2D eigenvalue weighted by molar-refractivity contribution is 7.99. The second kappa shape index (κ2) is 5.73. The maximum atomic E-state index is 12.2. The van der Waals surface area contributed by atoms with E-state index in [4.69, 9.17) is 0 Å². The minimum atomic E-state index is -0.113. The summed E-state index contributed by atoms with van der Waals surface area (Å²) >= 11 is 1.34. The quantitative estimate of drug-likeness (QED) is 0.563. The summed E-state index contributed by atoms with van der Waals surface area (Å²) in [4.78, 5) is 19.4. The SMILES string of the molecule is O=C(CSc1nnc2ccccn12)Nc1cccc2[nH]cnc12. The Morgan fingerprint density at radius 2 is 2.17 bits per heavy atom. The molecule has 3 heterocycles. The number of carbonyl (C=O) groups is 1. The number of amides is 1. The van der Waals surface area contributed by atoms with Crippen molar-refractivity contribution < 1.29 is 4.79 Å². The van der Waals surface area contributed by atoms with E-state index < -0.39 is 0 Å². The third-order valence-electron chi connectivity index (χ3n) is 3.34. The van der Waals surface area contributed by atoms with Crippen molar-refractivity contribution in [3.63, 3.8) is 0 Å². The van der Waals surface area contributed by atoms with Crippen LogP contribution < -0.4 is 5.32 Å². The van der Waals surface area contributed by atoms with Crippen LogP contribution in [0.1, 0.15) is 0 Å². The molecule has 0 fully saturated rings. The van der Waals surface area contributed by atoms with E-state index in [9.17, 15) is 4.79 Å². The molecule has 0 radical (unpaired) electrons. The molecule has 0 unspecified atom stereocenters. The Hall–Kier alpha value is -2.87. The molecule has 8 heteroatoms. The standard InChI is InChI=1S/C15H12N6OS/c22-13(18-11-5-3-4-10-14(11)17-9-16-10)8-23-15-20-19-12-6-1-2-7-21(12)15/h1-7,9H,8H2,(H,16,17)(H,18,22). The predicted octanol–water partition coefficient (Wildman–Crippen LogP) is 2.34. The first-order chi connectivity index (χ1) is 11.3. The van der Waals surface area contributed by atoms with Crippen LogP contribution in [-0.2, 0) is 4.79 Å². The topological polar surface area (TPSA) is 88.0 Å². The van der Waals surface area contributed by atoms with Gasteiger partial charge in [0.1, 0.15) is 5.52 Å². The van der Waals surface area contributed by atoms with Crippen LogP contribution in [0.4, 0.5) is 5.69 Å². The first-order valence-electron chi connectivity index (χ1n) is 6.96. The van der Waals surface area contributed by atoms with Crippen LogP contribution >= 0.6 is 11.8 Å². The van der Waals surface area contributed by atoms with Crippen LogP contribution in [0.15, 0.2) is 54.1 Å². The van der Waals surface area contributed by atoms with Gasteiger partial charge in [-0.15, -0.1) is 10.2 Å². The van der Waals surface area contributed by atoms with Gasteiger partial charge in [-0.1, -0.05) is 23.9 Å². The molecule has 7 nitrogen and oxygen atoms in total. The molecule has 0 saturated carbocycles. The Labute approximate surface area is 135 Å². The van der Waals surface area contributed by atoms with Crippen molar-refractivity contribution in [3.8, 4) is 0 Å². The van der Waals surface area contributed by atoms with Gasteiger partial charge >= 0.3 is 0 Å². The van der Waals surface area contributed by atoms with Gasteiger partial charge in [-0.25, -0.2) is 4.98 Å². The van der Waals surface area contributed by atoms with Gasteiger partial charge in [0.05, 0.1) is 23.3 Å². The molecule has 0 aliphatic rings. The van der Waals surface area contributed by atoms with Gasteiger partial charge in [0.2, 0.25) is 5.91 Å². The van der Waals surface area contributed by atoms with Crippen LogP contribution in [0, 0.1) is 0 Å². The zero-order valence-corrected chi connectivity index (χ0v) is 12.7. The molecule has 0 saturated heterocycles. The monoisotopic (exact) mass is 324 g/mol. The van der Waals surface area contributed by atoms with Gasteiger partial charge in [0.25, 0.3) is 0 Å². The van der Waals surface area contributed by atoms with Crippen molar-refractivity contribution in [2.45, 2.75) is 5.16 Å². The number of aromatic nitrogens is 5. The number of para-hydroxylation sites is 1. The highest BCUT2D eigenvalue weighted by atomic mass is 32.2. The van der Waals surface area contributed by atoms with E-state index >= 15 is 0 Å². The van der Waals surface area contributed by atoms with Crippen LogP contribution in [-0.4, -0.2) is 36.2 Å². The molecule has 2 N–H and O–H groups in total. The van der Waals surface area contributed by atoms with Crippen LogP contribution in [0.3, 0.4) is 0 Å². The molecule has 0 atom stereocenters. The Morgan fingerprint density at radius 3 is 3.13 bits per heavy atom. The first-order valence-corrected chi connectivity index (χ1v) is 7.94. The average molecular weight is 324 g/mol. The molecule has 0 bridgehead atoms. The van der Waals surface area contributed by atoms with Gasteiger partial charge in [-0.05, 0) is 24.3 Å². The normalized spacial score (nSPS) is 11.1. The number of hydrogen-bond acceptors (Lipinski definition) is 5. The van der Waals surface area contributed by atoms with Crippen molar-refractivity contribution in [1.82, 2.24) is 24.6 Å². The second-order valence-electron chi connectivity index (χ2n) is 4.85. The summed E-state index contributed by atoms with van der Waals surface area (Å²) in [5.74, 6) is 0.134. The fourth-order valence-corrected chi connectivity index (χ4v) is 3.02. The fourth-order valence-electron chi connectivity index (χ4n) is 2.30. The third-order valence-corrected chi connectivity index (χ3v) is 4.28. The molecule has 3 aromatic heterocycles. The molecule has 23 heavy (non-hydrogen) atoms. The number of imidazole rings is 1. The van der Waals surface area contributed by atoms with E-state index in [0.29, 0.717) is 10.8 Å². The number of nitrogens with one attached hydrogen (secondary N) is 2. The Kier molecular flexibility index (Phi) is 3.43. The molecular formula is C15H12N6OS. The molecule has 4 rings (SSSR count). The summed E-state index contributed by atoms with van der Waals surface area (Å²) in [5.41, 5.74) is 3.09. The lowest BCUT2D eigenvalue weighted by molar-refractivity contribution is -0.113. The fraction of sp³-hybridized carbons (Fsp3) is 0.0667. The number of benzene rings is 1. The average Bonchev–Trinajstić information content (AvgIpc) is 3.20. The number of aromatic amines is 1. The molecule has 0 spiro atoms. The number of H-pyrrole nitrogens is 1. The number of pyridine rings is 1. The maximum absolute atomic E-state index is 12.2. The highest BCUT2D eigenvalue weighted by Gasteiger charge is 2.11. The van der Waals surface area contributed by atoms with E-state index in [-0.39, 0.29) is 11.7 Å². The molecule has 114 valence electrons. The van der Waals surface area contributed by atoms with E-state index in [2.05, 4.69) is 25.5 Å². The van der Waals surface area contributed by atoms with Crippen LogP contribution in [0.2, 0.25) is 0 Å². The van der Waals surface area contributed by atoms with Gasteiger partial charge in [-0.2, -0.15) is 0 Å². The number of anilines is 1. The summed E-state index contributed by atoms with van der Waals surface area (Å²) in [6, 6.07) is 11.3. The minimum absolute atomic E-state index is 0.113. The largest absolute Gasteiger partial charge is 0.345 e. The summed E-state index contributed by atoms with van der Waals surface area (Å²) in [6.07, 6.45) is 3.48. The van der Waals surface area contributed by atoms with Crippen molar-refractivity contribution in [2.75, 3.05) is 11.1 Å². The van der Waals surface area contributed by atoms with Crippen molar-refractivity contribution in [3.05, 3.63) is 48.9 Å². The summed E-state index contributed by atoms with van der Waals surface area (Å²) < 4.78 is 1.85. The van der Waals surface area contributed by atoms with E-state index in [0.717, 1.165) is 16.7 Å². The first kappa shape index (κ1) is 13.8. The zero-order valence-electron chi connectivity index (χ0n) is 11.9. The highest BCUT2D eigenvalue weighted by Crippen LogP contribution is 2.21. The van der Waals surface area contributed by atoms with E-state index in [1.807, 2.05) is 47.0 Å².